The first-order valence-electron chi connectivity index (χ1n) is 9.16. The quantitative estimate of drug-likeness (QED) is 0.613. The minimum Gasteiger partial charge on any atom is -0.480 e. The number of urea groups is 1. The summed E-state index contributed by atoms with van der Waals surface area (Å²) in [4.78, 5) is 27.1. The molecule has 0 bridgehead atoms. The molecule has 0 aromatic heterocycles. The van der Waals surface area contributed by atoms with Crippen molar-refractivity contribution in [2.45, 2.75) is 51.1 Å². The second-order valence-electron chi connectivity index (χ2n) is 7.21. The predicted molar refractivity (Wildman–Crippen MR) is 93.1 cm³/mol. The van der Waals surface area contributed by atoms with Gasteiger partial charge in [0.1, 0.15) is 0 Å². The molecule has 2 fully saturated rings. The number of nitrogens with one attached hydrogen (secondary N) is 2. The Hall–Kier alpha value is -1.34. The van der Waals surface area contributed by atoms with Crippen LogP contribution < -0.4 is 10.6 Å². The third kappa shape index (κ3) is 5.94. The molecule has 1 saturated carbocycles. The van der Waals surface area contributed by atoms with E-state index in [1.807, 2.05) is 11.8 Å². The van der Waals surface area contributed by atoms with Gasteiger partial charge in [-0.3, -0.25) is 9.69 Å². The number of nitrogens with zero attached hydrogens (tertiary/aromatic N) is 2. The van der Waals surface area contributed by atoms with Gasteiger partial charge >= 0.3 is 12.0 Å². The molecule has 0 aromatic rings. The fraction of sp³-hybridized carbons (Fsp3) is 0.882. The number of amides is 2. The number of carbonyl (C=O) groups excluding carboxylic acids is 1. The van der Waals surface area contributed by atoms with E-state index in [1.54, 1.807) is 0 Å². The monoisotopic (exact) mass is 340 g/mol. The first kappa shape index (κ1) is 19.0. The SMILES string of the molecule is CCN(CC(=O)O)C1CC(NC(=O)NCCC2CCN(C)CC2)C1. The normalized spacial score (nSPS) is 25.3. The second kappa shape index (κ2) is 9.22. The lowest BCUT2D eigenvalue weighted by Crippen LogP contribution is -2.56. The number of aliphatic carboxylic acids is 1. The number of likely N-dealkylation sites (N-methyl/N-ethyl adjacent to an activating group) is 1. The van der Waals surface area contributed by atoms with Crippen LogP contribution in [0.1, 0.15) is 39.0 Å². The highest BCUT2D eigenvalue weighted by Gasteiger charge is 2.34. The van der Waals surface area contributed by atoms with E-state index >= 15 is 0 Å². The molecule has 138 valence electrons. The molecule has 0 radical (unpaired) electrons. The Kier molecular flexibility index (Phi) is 7.30. The van der Waals surface area contributed by atoms with Gasteiger partial charge in [-0.15, -0.1) is 0 Å². The summed E-state index contributed by atoms with van der Waals surface area (Å²) in [6.45, 7) is 5.83. The summed E-state index contributed by atoms with van der Waals surface area (Å²) in [7, 11) is 2.16. The van der Waals surface area contributed by atoms with Gasteiger partial charge < -0.3 is 20.6 Å². The van der Waals surface area contributed by atoms with Gasteiger partial charge in [0.05, 0.1) is 6.54 Å². The van der Waals surface area contributed by atoms with E-state index in [2.05, 4.69) is 22.6 Å². The first-order valence-corrected chi connectivity index (χ1v) is 9.16. The lowest BCUT2D eigenvalue weighted by Gasteiger charge is -2.42. The van der Waals surface area contributed by atoms with Crippen molar-refractivity contribution in [3.8, 4) is 0 Å². The summed E-state index contributed by atoms with van der Waals surface area (Å²) in [5.74, 6) is -0.0661. The smallest absolute Gasteiger partial charge is 0.317 e. The predicted octanol–water partition coefficient (Wildman–Crippen LogP) is 0.955. The van der Waals surface area contributed by atoms with Crippen molar-refractivity contribution in [3.63, 3.8) is 0 Å². The van der Waals surface area contributed by atoms with E-state index in [1.165, 1.54) is 12.8 Å². The maximum Gasteiger partial charge on any atom is 0.317 e. The molecular weight excluding hydrogens is 308 g/mol. The molecule has 0 aromatic carbocycles. The highest BCUT2D eigenvalue weighted by atomic mass is 16.4. The zero-order valence-electron chi connectivity index (χ0n) is 15.0. The Morgan fingerprint density at radius 2 is 1.92 bits per heavy atom. The minimum atomic E-state index is -0.792. The lowest BCUT2D eigenvalue weighted by molar-refractivity contribution is -0.139. The van der Waals surface area contributed by atoms with Crippen LogP contribution in [-0.2, 0) is 4.79 Å². The first-order chi connectivity index (χ1) is 11.5. The summed E-state index contributed by atoms with van der Waals surface area (Å²) in [6, 6.07) is 0.351. The van der Waals surface area contributed by atoms with Gasteiger partial charge in [0.2, 0.25) is 0 Å². The fourth-order valence-corrected chi connectivity index (χ4v) is 3.65. The van der Waals surface area contributed by atoms with Crippen molar-refractivity contribution in [1.29, 1.82) is 0 Å². The number of carbonyl (C=O) groups is 2. The number of carboxylic acids is 1. The van der Waals surface area contributed by atoms with Crippen LogP contribution >= 0.6 is 0 Å². The molecule has 7 heteroatoms. The second-order valence-corrected chi connectivity index (χ2v) is 7.21. The van der Waals surface area contributed by atoms with E-state index in [0.717, 1.165) is 51.4 Å². The summed E-state index contributed by atoms with van der Waals surface area (Å²) in [6.07, 6.45) is 5.17. The highest BCUT2D eigenvalue weighted by molar-refractivity contribution is 5.74. The summed E-state index contributed by atoms with van der Waals surface area (Å²) in [5.41, 5.74) is 0. The topological polar surface area (TPSA) is 84.9 Å². The van der Waals surface area contributed by atoms with Gasteiger partial charge in [-0.1, -0.05) is 6.92 Å². The number of rotatable bonds is 8. The van der Waals surface area contributed by atoms with Crippen molar-refractivity contribution >= 4 is 12.0 Å². The Bertz CT molecular complexity index is 418. The molecule has 0 spiro atoms. The minimum absolute atomic E-state index is 0.0800. The Morgan fingerprint density at radius 1 is 1.25 bits per heavy atom. The van der Waals surface area contributed by atoms with Crippen LogP contribution in [0.3, 0.4) is 0 Å². The lowest BCUT2D eigenvalue weighted by atomic mass is 9.85. The molecule has 1 aliphatic heterocycles. The molecule has 3 N–H and O–H groups in total. The van der Waals surface area contributed by atoms with Crippen molar-refractivity contribution < 1.29 is 14.7 Å². The van der Waals surface area contributed by atoms with Crippen LogP contribution in [0.2, 0.25) is 0 Å². The number of piperidine rings is 1. The van der Waals surface area contributed by atoms with Crippen molar-refractivity contribution in [2.75, 3.05) is 39.8 Å². The van der Waals surface area contributed by atoms with E-state index in [9.17, 15) is 9.59 Å². The molecule has 7 nitrogen and oxygen atoms in total. The van der Waals surface area contributed by atoms with Crippen LogP contribution in [0.5, 0.6) is 0 Å². The average molecular weight is 340 g/mol. The molecule has 0 unspecified atom stereocenters. The van der Waals surface area contributed by atoms with Gasteiger partial charge in [0.15, 0.2) is 0 Å². The zero-order valence-corrected chi connectivity index (χ0v) is 15.0. The standard InChI is InChI=1S/C17H32N4O3/c1-3-21(12-16(22)23)15-10-14(11-15)19-17(24)18-7-4-13-5-8-20(2)9-6-13/h13-15H,3-12H2,1-2H3,(H,22,23)(H2,18,19,24). The largest absolute Gasteiger partial charge is 0.480 e. The third-order valence-electron chi connectivity index (χ3n) is 5.39. The zero-order chi connectivity index (χ0) is 17.5. The van der Waals surface area contributed by atoms with Gasteiger partial charge in [-0.25, -0.2) is 4.79 Å². The van der Waals surface area contributed by atoms with Crippen LogP contribution in [-0.4, -0.2) is 78.8 Å². The molecule has 2 aliphatic rings. The molecule has 1 heterocycles. The third-order valence-corrected chi connectivity index (χ3v) is 5.39. The van der Waals surface area contributed by atoms with Crippen molar-refractivity contribution in [3.05, 3.63) is 0 Å². The van der Waals surface area contributed by atoms with Crippen LogP contribution in [0, 0.1) is 5.92 Å². The molecule has 1 saturated heterocycles. The number of carboxylic acid groups (broad SMARTS) is 1. The van der Waals surface area contributed by atoms with E-state index < -0.39 is 5.97 Å². The Labute approximate surface area is 144 Å². The molecule has 0 atom stereocenters. The number of likely N-dealkylation sites (tertiary alicyclic amines) is 1. The average Bonchev–Trinajstić information content (AvgIpc) is 2.50. The maximum absolute atomic E-state index is 11.9. The fourth-order valence-electron chi connectivity index (χ4n) is 3.65. The van der Waals surface area contributed by atoms with Crippen molar-refractivity contribution in [1.82, 2.24) is 20.4 Å². The van der Waals surface area contributed by atoms with Crippen LogP contribution in [0.4, 0.5) is 4.79 Å². The molecule has 1 aliphatic carbocycles. The van der Waals surface area contributed by atoms with Gasteiger partial charge in [0, 0.05) is 18.6 Å². The molecular formula is C17H32N4O3. The molecule has 24 heavy (non-hydrogen) atoms. The van der Waals surface area contributed by atoms with E-state index in [-0.39, 0.29) is 24.7 Å². The Morgan fingerprint density at radius 3 is 2.50 bits per heavy atom. The van der Waals surface area contributed by atoms with Crippen molar-refractivity contribution in [2.24, 2.45) is 5.92 Å². The van der Waals surface area contributed by atoms with Gasteiger partial charge in [-0.05, 0) is 64.7 Å². The Balaban J connectivity index is 1.55. The summed E-state index contributed by atoms with van der Waals surface area (Å²) < 4.78 is 0. The van der Waals surface area contributed by atoms with E-state index in [4.69, 9.17) is 5.11 Å². The van der Waals surface area contributed by atoms with Crippen LogP contribution in [0.25, 0.3) is 0 Å². The van der Waals surface area contributed by atoms with Crippen LogP contribution in [0.15, 0.2) is 0 Å². The highest BCUT2D eigenvalue weighted by Crippen LogP contribution is 2.25. The van der Waals surface area contributed by atoms with E-state index in [0.29, 0.717) is 0 Å². The summed E-state index contributed by atoms with van der Waals surface area (Å²) >= 11 is 0. The summed E-state index contributed by atoms with van der Waals surface area (Å²) in [5, 5.41) is 14.8. The molecule has 2 amide bonds. The number of hydrogen-bond donors (Lipinski definition) is 3. The number of hydrogen-bond acceptors (Lipinski definition) is 4. The molecule has 2 rings (SSSR count). The van der Waals surface area contributed by atoms with Gasteiger partial charge in [0.25, 0.3) is 0 Å². The maximum atomic E-state index is 11.9. The van der Waals surface area contributed by atoms with Gasteiger partial charge in [-0.2, -0.15) is 0 Å².